The van der Waals surface area contributed by atoms with Gasteiger partial charge in [0.25, 0.3) is 10.0 Å². The summed E-state index contributed by atoms with van der Waals surface area (Å²) in [6.07, 6.45) is 4.76. The average molecular weight is 386 g/mol. The van der Waals surface area contributed by atoms with Crippen LogP contribution in [0.25, 0.3) is 0 Å². The molecule has 2 aromatic rings. The quantitative estimate of drug-likeness (QED) is 0.858. The van der Waals surface area contributed by atoms with Crippen LogP contribution in [0.4, 0.5) is 5.13 Å². The summed E-state index contributed by atoms with van der Waals surface area (Å²) in [5, 5.41) is 3.30. The first kappa shape index (κ1) is 17.5. The Morgan fingerprint density at radius 3 is 2.67 bits per heavy atom. The smallest absolute Gasteiger partial charge is 0.252 e. The lowest BCUT2D eigenvalue weighted by Crippen LogP contribution is -2.35. The number of nitrogens with zero attached hydrogens (tertiary/aromatic N) is 2. The maximum atomic E-state index is 12.6. The van der Waals surface area contributed by atoms with Gasteiger partial charge < -0.3 is 5.32 Å². The number of thiophene rings is 1. The average Bonchev–Trinajstić information content (AvgIpc) is 3.18. The molecule has 1 aliphatic rings. The van der Waals surface area contributed by atoms with E-state index in [4.69, 9.17) is 0 Å². The van der Waals surface area contributed by atoms with Crippen molar-refractivity contribution in [1.82, 2.24) is 9.29 Å². The first-order chi connectivity index (χ1) is 11.4. The number of anilines is 1. The number of carbonyl (C=O) groups excluding carboxylic acids is 1. The molecule has 1 saturated heterocycles. The Bertz CT molecular complexity index is 820. The zero-order valence-electron chi connectivity index (χ0n) is 13.3. The van der Waals surface area contributed by atoms with Gasteiger partial charge in [0.15, 0.2) is 5.13 Å². The van der Waals surface area contributed by atoms with Crippen LogP contribution >= 0.6 is 22.7 Å². The molecule has 2 aromatic heterocycles. The highest BCUT2D eigenvalue weighted by molar-refractivity contribution is 7.91. The maximum absolute atomic E-state index is 12.6. The Labute approximate surface area is 149 Å². The molecular formula is C15H19N3O3S3. The molecule has 0 aromatic carbocycles. The Balaban J connectivity index is 1.65. The monoisotopic (exact) mass is 385 g/mol. The van der Waals surface area contributed by atoms with E-state index in [1.54, 1.807) is 22.6 Å². The number of aryl methyl sites for hydroxylation is 1. The number of sulfonamides is 1. The molecule has 0 bridgehead atoms. The molecule has 9 heteroatoms. The molecule has 1 N–H and O–H groups in total. The summed E-state index contributed by atoms with van der Waals surface area (Å²) in [5.41, 5.74) is 0. The van der Waals surface area contributed by atoms with E-state index in [2.05, 4.69) is 10.3 Å². The van der Waals surface area contributed by atoms with E-state index in [-0.39, 0.29) is 12.3 Å². The van der Waals surface area contributed by atoms with Crippen LogP contribution in [-0.4, -0.2) is 36.7 Å². The van der Waals surface area contributed by atoms with Crippen molar-refractivity contribution in [1.29, 1.82) is 0 Å². The number of aromatic nitrogens is 1. The molecule has 3 heterocycles. The van der Waals surface area contributed by atoms with Crippen LogP contribution in [0.5, 0.6) is 0 Å². The Morgan fingerprint density at radius 2 is 2.00 bits per heavy atom. The van der Waals surface area contributed by atoms with Gasteiger partial charge in [-0.1, -0.05) is 6.42 Å². The van der Waals surface area contributed by atoms with E-state index in [0.717, 1.165) is 29.0 Å². The van der Waals surface area contributed by atoms with E-state index in [1.807, 2.05) is 6.92 Å². The highest BCUT2D eigenvalue weighted by Crippen LogP contribution is 2.27. The summed E-state index contributed by atoms with van der Waals surface area (Å²) in [6.45, 7) is 3.09. The molecule has 130 valence electrons. The number of piperidine rings is 1. The predicted octanol–water partition coefficient (Wildman–Crippen LogP) is 2.87. The van der Waals surface area contributed by atoms with Gasteiger partial charge in [0.1, 0.15) is 4.21 Å². The minimum absolute atomic E-state index is 0.152. The van der Waals surface area contributed by atoms with Gasteiger partial charge in [0, 0.05) is 29.0 Å². The normalized spacial score (nSPS) is 16.2. The van der Waals surface area contributed by atoms with Gasteiger partial charge in [0.2, 0.25) is 5.91 Å². The van der Waals surface area contributed by atoms with E-state index in [0.29, 0.717) is 22.4 Å². The number of hydrogen-bond acceptors (Lipinski definition) is 6. The summed E-state index contributed by atoms with van der Waals surface area (Å²) in [5.74, 6) is -0.187. The van der Waals surface area contributed by atoms with E-state index >= 15 is 0 Å². The van der Waals surface area contributed by atoms with Crippen molar-refractivity contribution >= 4 is 43.7 Å². The van der Waals surface area contributed by atoms with Crippen LogP contribution in [-0.2, 0) is 21.2 Å². The molecular weight excluding hydrogens is 366 g/mol. The van der Waals surface area contributed by atoms with Gasteiger partial charge in [-0.05, 0) is 31.9 Å². The molecule has 0 radical (unpaired) electrons. The highest BCUT2D eigenvalue weighted by atomic mass is 32.2. The number of hydrogen-bond donors (Lipinski definition) is 1. The summed E-state index contributed by atoms with van der Waals surface area (Å²) in [6, 6.07) is 3.32. The van der Waals surface area contributed by atoms with Crippen LogP contribution in [0.1, 0.15) is 29.0 Å². The van der Waals surface area contributed by atoms with E-state index in [1.165, 1.54) is 22.7 Å². The molecule has 24 heavy (non-hydrogen) atoms. The Morgan fingerprint density at radius 1 is 1.25 bits per heavy atom. The lowest BCUT2D eigenvalue weighted by molar-refractivity contribution is -0.115. The minimum Gasteiger partial charge on any atom is -0.302 e. The standard InChI is InChI=1S/C15H19N3O3S3/c1-11-10-16-15(22-11)17-13(19)9-12-5-6-14(23-12)24(20,21)18-7-3-2-4-8-18/h5-6,10H,2-4,7-9H2,1H3,(H,16,17,19). The fourth-order valence-corrected chi connectivity index (χ4v) is 6.27. The van der Waals surface area contributed by atoms with E-state index < -0.39 is 10.0 Å². The summed E-state index contributed by atoms with van der Waals surface area (Å²) in [4.78, 5) is 17.9. The predicted molar refractivity (Wildman–Crippen MR) is 96.1 cm³/mol. The van der Waals surface area contributed by atoms with Gasteiger partial charge >= 0.3 is 0 Å². The first-order valence-corrected chi connectivity index (χ1v) is 10.8. The van der Waals surface area contributed by atoms with Crippen LogP contribution < -0.4 is 5.32 Å². The lowest BCUT2D eigenvalue weighted by Gasteiger charge is -2.25. The second kappa shape index (κ2) is 7.30. The van der Waals surface area contributed by atoms with Crippen molar-refractivity contribution in [3.05, 3.63) is 28.1 Å². The molecule has 0 aliphatic carbocycles. The molecule has 0 spiro atoms. The van der Waals surface area contributed by atoms with Crippen molar-refractivity contribution in [2.75, 3.05) is 18.4 Å². The van der Waals surface area contributed by atoms with Crippen molar-refractivity contribution in [3.63, 3.8) is 0 Å². The minimum atomic E-state index is -3.42. The van der Waals surface area contributed by atoms with Crippen LogP contribution in [0.2, 0.25) is 0 Å². The lowest BCUT2D eigenvalue weighted by atomic mass is 10.2. The third kappa shape index (κ3) is 4.02. The molecule has 1 amide bonds. The molecule has 3 rings (SSSR count). The molecule has 1 fully saturated rings. The molecule has 1 aliphatic heterocycles. The molecule has 0 unspecified atom stereocenters. The summed E-state index contributed by atoms with van der Waals surface area (Å²) in [7, 11) is -3.42. The van der Waals surface area contributed by atoms with E-state index in [9.17, 15) is 13.2 Å². The fourth-order valence-electron chi connectivity index (χ4n) is 2.56. The molecule has 0 atom stereocenters. The summed E-state index contributed by atoms with van der Waals surface area (Å²) < 4.78 is 27.1. The maximum Gasteiger partial charge on any atom is 0.252 e. The highest BCUT2D eigenvalue weighted by Gasteiger charge is 2.27. The van der Waals surface area contributed by atoms with Crippen molar-refractivity contribution in [2.45, 2.75) is 36.8 Å². The van der Waals surface area contributed by atoms with Gasteiger partial charge in [-0.3, -0.25) is 4.79 Å². The number of carbonyl (C=O) groups is 1. The van der Waals surface area contributed by atoms with Crippen molar-refractivity contribution in [2.24, 2.45) is 0 Å². The number of amides is 1. The topological polar surface area (TPSA) is 79.4 Å². The van der Waals surface area contributed by atoms with Crippen LogP contribution in [0.3, 0.4) is 0 Å². The first-order valence-electron chi connectivity index (χ1n) is 7.76. The fraction of sp³-hybridized carbons (Fsp3) is 0.467. The number of thiazole rings is 1. The van der Waals surface area contributed by atoms with Gasteiger partial charge in [-0.15, -0.1) is 22.7 Å². The van der Waals surface area contributed by atoms with Gasteiger partial charge in [-0.2, -0.15) is 4.31 Å². The van der Waals surface area contributed by atoms with Crippen molar-refractivity contribution in [3.8, 4) is 0 Å². The third-order valence-electron chi connectivity index (χ3n) is 3.75. The zero-order valence-corrected chi connectivity index (χ0v) is 15.8. The van der Waals surface area contributed by atoms with Crippen molar-refractivity contribution < 1.29 is 13.2 Å². The third-order valence-corrected chi connectivity index (χ3v) is 8.03. The Hall–Kier alpha value is -1.29. The van der Waals surface area contributed by atoms with Crippen LogP contribution in [0.15, 0.2) is 22.5 Å². The Kier molecular flexibility index (Phi) is 5.33. The SMILES string of the molecule is Cc1cnc(NC(=O)Cc2ccc(S(=O)(=O)N3CCCCC3)s2)s1. The summed E-state index contributed by atoms with van der Waals surface area (Å²) >= 11 is 2.58. The second-order valence-corrected chi connectivity index (χ2v) is 10.3. The number of rotatable bonds is 5. The van der Waals surface area contributed by atoms with Gasteiger partial charge in [-0.25, -0.2) is 13.4 Å². The largest absolute Gasteiger partial charge is 0.302 e. The number of nitrogens with one attached hydrogen (secondary N) is 1. The van der Waals surface area contributed by atoms with Crippen LogP contribution in [0, 0.1) is 6.92 Å². The zero-order chi connectivity index (χ0) is 17.2. The molecule has 6 nitrogen and oxygen atoms in total. The molecule has 0 saturated carbocycles. The second-order valence-electron chi connectivity index (χ2n) is 5.69. The van der Waals surface area contributed by atoms with Gasteiger partial charge in [0.05, 0.1) is 6.42 Å².